The van der Waals surface area contributed by atoms with Crippen LogP contribution in [0.15, 0.2) is 60.1 Å². The normalized spacial score (nSPS) is 17.4. The van der Waals surface area contributed by atoms with Crippen LogP contribution in [0.1, 0.15) is 24.0 Å². The van der Waals surface area contributed by atoms with Gasteiger partial charge in [-0.3, -0.25) is 10.2 Å². The van der Waals surface area contributed by atoms with E-state index in [1.54, 1.807) is 30.3 Å². The monoisotopic (exact) mass is 477 g/mol. The number of aliphatic imine (C=N–C) groups is 1. The Labute approximate surface area is 197 Å². The van der Waals surface area contributed by atoms with E-state index in [4.69, 9.17) is 37.8 Å². The zero-order chi connectivity index (χ0) is 23.0. The molecular weight excluding hydrogens is 453 g/mol. The molecule has 2 aromatic rings. The summed E-state index contributed by atoms with van der Waals surface area (Å²) in [6.07, 6.45) is 2.53. The first-order valence-corrected chi connectivity index (χ1v) is 10.9. The number of nitrogens with one attached hydrogen (secondary N) is 2. The minimum absolute atomic E-state index is 0.0818. The standard InChI is InChI=1S/C23H25Cl2N3O4/c1-2-10-23(22(30)28-26-14-16-4-9-19(24)20(25)13-16)15-32-21(27-23)17-5-7-18(8-6-17)31-12-3-11-29/h2,4-9,13,26,29H,1,3,10-12,14-15H2,(H,28,30)/t23-/m0/s1. The number of aliphatic hydroxyl groups is 1. The summed E-state index contributed by atoms with van der Waals surface area (Å²) < 4.78 is 11.3. The second-order valence-corrected chi connectivity index (χ2v) is 8.05. The number of benzene rings is 2. The minimum atomic E-state index is -1.11. The molecule has 1 atom stereocenters. The van der Waals surface area contributed by atoms with E-state index in [0.717, 1.165) is 11.1 Å². The molecule has 1 aliphatic heterocycles. The number of ether oxygens (including phenoxy) is 2. The van der Waals surface area contributed by atoms with E-state index in [9.17, 15) is 4.79 Å². The Morgan fingerprint density at radius 1 is 1.25 bits per heavy atom. The summed E-state index contributed by atoms with van der Waals surface area (Å²) in [6.45, 7) is 4.74. The van der Waals surface area contributed by atoms with Crippen LogP contribution in [-0.2, 0) is 16.1 Å². The van der Waals surface area contributed by atoms with Gasteiger partial charge in [0, 0.05) is 31.6 Å². The third-order valence-corrected chi connectivity index (χ3v) is 5.56. The lowest BCUT2D eigenvalue weighted by atomic mass is 9.97. The van der Waals surface area contributed by atoms with Crippen LogP contribution in [0.2, 0.25) is 10.0 Å². The number of carbonyl (C=O) groups excluding carboxylic acids is 1. The molecular formula is C23H25Cl2N3O4. The molecule has 32 heavy (non-hydrogen) atoms. The van der Waals surface area contributed by atoms with Gasteiger partial charge < -0.3 is 14.6 Å². The molecule has 0 saturated heterocycles. The van der Waals surface area contributed by atoms with Gasteiger partial charge >= 0.3 is 0 Å². The van der Waals surface area contributed by atoms with Crippen LogP contribution in [0.3, 0.4) is 0 Å². The molecule has 9 heteroatoms. The van der Waals surface area contributed by atoms with Crippen molar-refractivity contribution in [1.29, 1.82) is 0 Å². The van der Waals surface area contributed by atoms with E-state index in [2.05, 4.69) is 22.4 Å². The zero-order valence-corrected chi connectivity index (χ0v) is 19.0. The predicted octanol–water partition coefficient (Wildman–Crippen LogP) is 3.67. The summed E-state index contributed by atoms with van der Waals surface area (Å²) in [4.78, 5) is 17.5. The van der Waals surface area contributed by atoms with Crippen LogP contribution in [0, 0.1) is 0 Å². The van der Waals surface area contributed by atoms with E-state index in [1.165, 1.54) is 0 Å². The number of hydrogen-bond acceptors (Lipinski definition) is 6. The number of nitrogens with zero attached hydrogens (tertiary/aromatic N) is 1. The first-order valence-electron chi connectivity index (χ1n) is 10.1. The summed E-state index contributed by atoms with van der Waals surface area (Å²) >= 11 is 12.0. The Morgan fingerprint density at radius 3 is 2.72 bits per heavy atom. The maximum atomic E-state index is 13.0. The van der Waals surface area contributed by atoms with Crippen molar-refractivity contribution in [1.82, 2.24) is 10.9 Å². The molecule has 0 bridgehead atoms. The fraction of sp³-hybridized carbons (Fsp3) is 0.304. The lowest BCUT2D eigenvalue weighted by molar-refractivity contribution is -0.127. The highest BCUT2D eigenvalue weighted by Crippen LogP contribution is 2.27. The Balaban J connectivity index is 1.64. The molecule has 1 aliphatic rings. The lowest BCUT2D eigenvalue weighted by Crippen LogP contribution is -2.51. The quantitative estimate of drug-likeness (QED) is 0.261. The van der Waals surface area contributed by atoms with Crippen LogP contribution in [0.25, 0.3) is 0 Å². The zero-order valence-electron chi connectivity index (χ0n) is 17.4. The second-order valence-electron chi connectivity index (χ2n) is 7.24. The topological polar surface area (TPSA) is 92.2 Å². The van der Waals surface area contributed by atoms with Gasteiger partial charge in [0.25, 0.3) is 5.91 Å². The van der Waals surface area contributed by atoms with E-state index < -0.39 is 5.54 Å². The Kier molecular flexibility index (Phi) is 8.53. The maximum Gasteiger partial charge on any atom is 0.266 e. The van der Waals surface area contributed by atoms with E-state index in [-0.39, 0.29) is 19.1 Å². The van der Waals surface area contributed by atoms with E-state index in [0.29, 0.717) is 47.7 Å². The van der Waals surface area contributed by atoms with Gasteiger partial charge in [-0.15, -0.1) is 6.58 Å². The van der Waals surface area contributed by atoms with Gasteiger partial charge in [-0.05, 0) is 42.0 Å². The van der Waals surface area contributed by atoms with Gasteiger partial charge in [0.2, 0.25) is 5.90 Å². The van der Waals surface area contributed by atoms with Crippen molar-refractivity contribution in [3.05, 3.63) is 76.3 Å². The number of rotatable bonds is 11. The van der Waals surface area contributed by atoms with Gasteiger partial charge in [0.15, 0.2) is 5.54 Å². The summed E-state index contributed by atoms with van der Waals surface area (Å²) in [7, 11) is 0. The van der Waals surface area contributed by atoms with Gasteiger partial charge in [-0.1, -0.05) is 35.3 Å². The van der Waals surface area contributed by atoms with Gasteiger partial charge in [0.05, 0.1) is 16.7 Å². The largest absolute Gasteiger partial charge is 0.494 e. The second kappa shape index (κ2) is 11.3. The molecule has 0 radical (unpaired) electrons. The fourth-order valence-corrected chi connectivity index (χ4v) is 3.41. The molecule has 1 heterocycles. The molecule has 0 spiro atoms. The maximum absolute atomic E-state index is 13.0. The number of carbonyl (C=O) groups is 1. The molecule has 1 amide bonds. The number of amides is 1. The third-order valence-electron chi connectivity index (χ3n) is 4.82. The lowest BCUT2D eigenvalue weighted by Gasteiger charge is -2.21. The van der Waals surface area contributed by atoms with Crippen molar-refractivity contribution in [3.8, 4) is 5.75 Å². The van der Waals surface area contributed by atoms with Gasteiger partial charge in [-0.25, -0.2) is 10.4 Å². The number of halogens is 2. The van der Waals surface area contributed by atoms with Crippen molar-refractivity contribution in [2.75, 3.05) is 19.8 Å². The highest BCUT2D eigenvalue weighted by molar-refractivity contribution is 6.42. The first-order chi connectivity index (χ1) is 15.5. The summed E-state index contributed by atoms with van der Waals surface area (Å²) in [5.41, 5.74) is 6.09. The molecule has 3 N–H and O–H groups in total. The Bertz CT molecular complexity index is 982. The van der Waals surface area contributed by atoms with E-state index in [1.807, 2.05) is 18.2 Å². The van der Waals surface area contributed by atoms with Crippen LogP contribution < -0.4 is 15.6 Å². The van der Waals surface area contributed by atoms with Crippen molar-refractivity contribution < 1.29 is 19.4 Å². The summed E-state index contributed by atoms with van der Waals surface area (Å²) in [5.74, 6) is 0.743. The van der Waals surface area contributed by atoms with Crippen molar-refractivity contribution in [2.45, 2.75) is 24.9 Å². The van der Waals surface area contributed by atoms with Crippen molar-refractivity contribution in [3.63, 3.8) is 0 Å². The average molecular weight is 478 g/mol. The Hall–Kier alpha value is -2.58. The molecule has 0 unspecified atom stereocenters. The van der Waals surface area contributed by atoms with Crippen LogP contribution in [0.5, 0.6) is 5.75 Å². The van der Waals surface area contributed by atoms with Crippen molar-refractivity contribution >= 4 is 35.0 Å². The molecule has 7 nitrogen and oxygen atoms in total. The van der Waals surface area contributed by atoms with Crippen LogP contribution in [-0.4, -0.2) is 42.3 Å². The van der Waals surface area contributed by atoms with Gasteiger partial charge in [0.1, 0.15) is 12.4 Å². The Morgan fingerprint density at radius 2 is 2.03 bits per heavy atom. The minimum Gasteiger partial charge on any atom is -0.494 e. The van der Waals surface area contributed by atoms with Crippen LogP contribution in [0.4, 0.5) is 0 Å². The molecule has 2 aromatic carbocycles. The predicted molar refractivity (Wildman–Crippen MR) is 125 cm³/mol. The smallest absolute Gasteiger partial charge is 0.266 e. The van der Waals surface area contributed by atoms with Crippen LogP contribution >= 0.6 is 23.2 Å². The molecule has 170 valence electrons. The summed E-state index contributed by atoms with van der Waals surface area (Å²) in [5, 5.41) is 9.76. The molecule has 0 saturated carbocycles. The van der Waals surface area contributed by atoms with E-state index >= 15 is 0 Å². The highest BCUT2D eigenvalue weighted by Gasteiger charge is 2.43. The van der Waals surface area contributed by atoms with Crippen molar-refractivity contribution in [2.24, 2.45) is 4.99 Å². The summed E-state index contributed by atoms with van der Waals surface area (Å²) in [6, 6.07) is 12.5. The third kappa shape index (κ3) is 6.01. The number of hydrogen-bond donors (Lipinski definition) is 3. The number of hydrazine groups is 1. The highest BCUT2D eigenvalue weighted by atomic mass is 35.5. The van der Waals surface area contributed by atoms with Gasteiger partial charge in [-0.2, -0.15) is 0 Å². The molecule has 0 fully saturated rings. The fourth-order valence-electron chi connectivity index (χ4n) is 3.09. The molecule has 0 aromatic heterocycles. The number of aliphatic hydroxyl groups excluding tert-OH is 1. The first kappa shape index (κ1) is 24.1. The molecule has 3 rings (SSSR count). The SMILES string of the molecule is C=CC[C@@]1(C(=O)NNCc2ccc(Cl)c(Cl)c2)COC(c2ccc(OCCCO)cc2)=N1. The average Bonchev–Trinajstić information content (AvgIpc) is 3.22. The molecule has 0 aliphatic carbocycles.